The highest BCUT2D eigenvalue weighted by molar-refractivity contribution is 5.88. The van der Waals surface area contributed by atoms with Crippen LogP contribution in [0.1, 0.15) is 41.0 Å². The molecule has 2 amide bonds. The van der Waals surface area contributed by atoms with E-state index in [1.807, 2.05) is 27.7 Å². The second-order valence-corrected chi connectivity index (χ2v) is 6.40. The summed E-state index contributed by atoms with van der Waals surface area (Å²) in [4.78, 5) is 38.5. The number of hydrogen-bond donors (Lipinski definition) is 1. The van der Waals surface area contributed by atoms with Crippen LogP contribution in [0.5, 0.6) is 0 Å². The Labute approximate surface area is 133 Å². The Morgan fingerprint density at radius 2 is 1.55 bits per heavy atom. The van der Waals surface area contributed by atoms with Crippen molar-refractivity contribution in [2.75, 3.05) is 20.6 Å². The molecule has 0 rings (SSSR count). The molecule has 0 fully saturated rings. The molecule has 128 valence electrons. The number of nitrogens with zero attached hydrogens (tertiary/aromatic N) is 2. The number of carbonyl (C=O) groups is 3. The third kappa shape index (κ3) is 5.31. The summed E-state index contributed by atoms with van der Waals surface area (Å²) in [6, 6.07) is -0.872. The highest BCUT2D eigenvalue weighted by Crippen LogP contribution is 2.16. The Balaban J connectivity index is 4.89. The van der Waals surface area contributed by atoms with Crippen molar-refractivity contribution >= 4 is 17.8 Å². The molecular formula is C16H30N2O4. The average Bonchev–Trinajstić information content (AvgIpc) is 2.44. The van der Waals surface area contributed by atoms with Crippen molar-refractivity contribution in [3.8, 4) is 0 Å². The fraction of sp³-hybridized carbons (Fsp3) is 0.812. The first-order chi connectivity index (χ1) is 10.0. The zero-order valence-electron chi connectivity index (χ0n) is 14.8. The molecule has 0 spiro atoms. The van der Waals surface area contributed by atoms with Crippen molar-refractivity contribution < 1.29 is 19.5 Å². The predicted molar refractivity (Wildman–Crippen MR) is 85.3 cm³/mol. The van der Waals surface area contributed by atoms with E-state index in [9.17, 15) is 19.5 Å². The van der Waals surface area contributed by atoms with Gasteiger partial charge in [-0.25, -0.2) is 4.79 Å². The number of carboxylic acid groups (broad SMARTS) is 1. The Morgan fingerprint density at radius 1 is 1.05 bits per heavy atom. The van der Waals surface area contributed by atoms with E-state index in [0.29, 0.717) is 6.42 Å². The molecule has 0 unspecified atom stereocenters. The van der Waals surface area contributed by atoms with Crippen LogP contribution in [0, 0.1) is 17.8 Å². The van der Waals surface area contributed by atoms with Crippen LogP contribution in [-0.2, 0) is 14.4 Å². The summed E-state index contributed by atoms with van der Waals surface area (Å²) in [5.74, 6) is -1.62. The largest absolute Gasteiger partial charge is 0.480 e. The molecule has 0 aliphatic rings. The van der Waals surface area contributed by atoms with Crippen molar-refractivity contribution in [1.82, 2.24) is 9.80 Å². The van der Waals surface area contributed by atoms with Crippen LogP contribution in [0.15, 0.2) is 0 Å². The summed E-state index contributed by atoms with van der Waals surface area (Å²) in [5.41, 5.74) is 0. The molecule has 0 saturated carbocycles. The first-order valence-electron chi connectivity index (χ1n) is 7.77. The molecule has 0 aromatic carbocycles. The Hall–Kier alpha value is -1.59. The van der Waals surface area contributed by atoms with E-state index in [1.54, 1.807) is 14.0 Å². The monoisotopic (exact) mass is 314 g/mol. The lowest BCUT2D eigenvalue weighted by Gasteiger charge is -2.31. The summed E-state index contributed by atoms with van der Waals surface area (Å²) in [6.45, 7) is 9.32. The standard InChI is InChI=1S/C16H30N2O4/c1-8-11(4)14(16(21)22)18(7)13(19)9-17(6)15(20)12(5)10(2)3/h10-12,14H,8-9H2,1-7H3,(H,21,22)/t11-,12-,14-/m0/s1. The first kappa shape index (κ1) is 20.4. The third-order valence-electron chi connectivity index (χ3n) is 4.38. The lowest BCUT2D eigenvalue weighted by atomic mass is 9.96. The van der Waals surface area contributed by atoms with Gasteiger partial charge in [0, 0.05) is 20.0 Å². The van der Waals surface area contributed by atoms with Crippen LogP contribution in [0.2, 0.25) is 0 Å². The summed E-state index contributed by atoms with van der Waals surface area (Å²) >= 11 is 0. The van der Waals surface area contributed by atoms with Crippen LogP contribution in [0.4, 0.5) is 0 Å². The predicted octanol–water partition coefficient (Wildman–Crippen LogP) is 1.69. The number of amides is 2. The molecule has 0 bridgehead atoms. The second-order valence-electron chi connectivity index (χ2n) is 6.40. The number of likely N-dealkylation sites (N-methyl/N-ethyl adjacent to an activating group) is 2. The Bertz CT molecular complexity index is 409. The van der Waals surface area contributed by atoms with Gasteiger partial charge in [0.1, 0.15) is 6.04 Å². The van der Waals surface area contributed by atoms with Crippen LogP contribution in [0.3, 0.4) is 0 Å². The minimum atomic E-state index is -1.02. The molecule has 0 heterocycles. The average molecular weight is 314 g/mol. The van der Waals surface area contributed by atoms with Gasteiger partial charge >= 0.3 is 5.97 Å². The van der Waals surface area contributed by atoms with E-state index in [0.717, 1.165) is 0 Å². The van der Waals surface area contributed by atoms with Gasteiger partial charge in [-0.2, -0.15) is 0 Å². The maximum atomic E-state index is 12.3. The molecule has 0 radical (unpaired) electrons. The Morgan fingerprint density at radius 3 is 1.91 bits per heavy atom. The quantitative estimate of drug-likeness (QED) is 0.739. The second kappa shape index (κ2) is 8.76. The maximum absolute atomic E-state index is 12.3. The zero-order chi connectivity index (χ0) is 17.6. The summed E-state index contributed by atoms with van der Waals surface area (Å²) in [7, 11) is 3.06. The zero-order valence-corrected chi connectivity index (χ0v) is 14.8. The molecule has 6 nitrogen and oxygen atoms in total. The molecule has 0 aromatic rings. The normalized spacial score (nSPS) is 15.1. The van der Waals surface area contributed by atoms with Crippen molar-refractivity contribution in [3.05, 3.63) is 0 Å². The number of rotatable bonds is 8. The van der Waals surface area contributed by atoms with Gasteiger partial charge in [-0.05, 0) is 11.8 Å². The van der Waals surface area contributed by atoms with Gasteiger partial charge in [0.2, 0.25) is 11.8 Å². The maximum Gasteiger partial charge on any atom is 0.326 e. The topological polar surface area (TPSA) is 77.9 Å². The van der Waals surface area contributed by atoms with Gasteiger partial charge in [-0.1, -0.05) is 41.0 Å². The molecule has 6 heteroatoms. The lowest BCUT2D eigenvalue weighted by Crippen LogP contribution is -2.50. The molecule has 0 aliphatic carbocycles. The summed E-state index contributed by atoms with van der Waals surface area (Å²) in [6.07, 6.45) is 0.660. The number of hydrogen-bond acceptors (Lipinski definition) is 3. The number of carbonyl (C=O) groups excluding carboxylic acids is 2. The summed E-state index contributed by atoms with van der Waals surface area (Å²) < 4.78 is 0. The van der Waals surface area contributed by atoms with Gasteiger partial charge in [-0.15, -0.1) is 0 Å². The molecule has 0 saturated heterocycles. The fourth-order valence-corrected chi connectivity index (χ4v) is 2.19. The molecule has 3 atom stereocenters. The van der Waals surface area contributed by atoms with Crippen LogP contribution in [-0.4, -0.2) is 59.4 Å². The number of aliphatic carboxylic acids is 1. The minimum Gasteiger partial charge on any atom is -0.480 e. The van der Waals surface area contributed by atoms with Crippen molar-refractivity contribution in [1.29, 1.82) is 0 Å². The van der Waals surface area contributed by atoms with Gasteiger partial charge < -0.3 is 14.9 Å². The first-order valence-corrected chi connectivity index (χ1v) is 7.77. The van der Waals surface area contributed by atoms with E-state index < -0.39 is 12.0 Å². The van der Waals surface area contributed by atoms with E-state index in [2.05, 4.69) is 0 Å². The van der Waals surface area contributed by atoms with E-state index >= 15 is 0 Å². The molecule has 1 N–H and O–H groups in total. The van der Waals surface area contributed by atoms with Crippen molar-refractivity contribution in [3.63, 3.8) is 0 Å². The van der Waals surface area contributed by atoms with Gasteiger partial charge in [0.05, 0.1) is 6.54 Å². The molecule has 0 aliphatic heterocycles. The highest BCUT2D eigenvalue weighted by Gasteiger charge is 2.32. The third-order valence-corrected chi connectivity index (χ3v) is 4.38. The van der Waals surface area contributed by atoms with Gasteiger partial charge in [0.15, 0.2) is 0 Å². The number of carboxylic acids is 1. The smallest absolute Gasteiger partial charge is 0.326 e. The van der Waals surface area contributed by atoms with Gasteiger partial charge in [-0.3, -0.25) is 9.59 Å². The molecule has 0 aromatic heterocycles. The van der Waals surface area contributed by atoms with Crippen molar-refractivity contribution in [2.45, 2.75) is 47.1 Å². The highest BCUT2D eigenvalue weighted by atomic mass is 16.4. The van der Waals surface area contributed by atoms with E-state index in [1.165, 1.54) is 16.8 Å². The van der Waals surface area contributed by atoms with Crippen LogP contribution >= 0.6 is 0 Å². The van der Waals surface area contributed by atoms with E-state index in [4.69, 9.17) is 0 Å². The van der Waals surface area contributed by atoms with Crippen LogP contribution in [0.25, 0.3) is 0 Å². The lowest BCUT2D eigenvalue weighted by molar-refractivity contribution is -0.152. The molecule has 22 heavy (non-hydrogen) atoms. The van der Waals surface area contributed by atoms with Crippen molar-refractivity contribution in [2.24, 2.45) is 17.8 Å². The van der Waals surface area contributed by atoms with E-state index in [-0.39, 0.29) is 36.1 Å². The minimum absolute atomic E-state index is 0.104. The molecular weight excluding hydrogens is 284 g/mol. The fourth-order valence-electron chi connectivity index (χ4n) is 2.19. The SMILES string of the molecule is CC[C@H](C)[C@@H](C(=O)O)N(C)C(=O)CN(C)C(=O)[C@@H](C)C(C)C. The van der Waals surface area contributed by atoms with Gasteiger partial charge in [0.25, 0.3) is 0 Å². The van der Waals surface area contributed by atoms with Crippen LogP contribution < -0.4 is 0 Å². The Kier molecular flexibility index (Phi) is 8.12. The summed E-state index contributed by atoms with van der Waals surface area (Å²) in [5, 5.41) is 9.32.